The van der Waals surface area contributed by atoms with Crippen LogP contribution in [-0.2, 0) is 9.53 Å². The number of rotatable bonds is 3. The molecular weight excluding hydrogens is 247 g/mol. The second kappa shape index (κ2) is 5.17. The Hall–Kier alpha value is -1.62. The summed E-state index contributed by atoms with van der Waals surface area (Å²) < 4.78 is 19.0. The smallest absolute Gasteiger partial charge is 0.227 e. The van der Waals surface area contributed by atoms with Crippen LogP contribution in [0.5, 0.6) is 0 Å². The number of ether oxygens (including phenoxy) is 1. The molecule has 2 fully saturated rings. The zero-order valence-corrected chi connectivity index (χ0v) is 10.7. The van der Waals surface area contributed by atoms with Crippen LogP contribution in [0.25, 0.3) is 0 Å². The molecule has 1 saturated carbocycles. The number of hydrogen-bond donors (Lipinski definition) is 1. The maximum atomic E-state index is 13.7. The molecule has 19 heavy (non-hydrogen) atoms. The van der Waals surface area contributed by atoms with Gasteiger partial charge in [-0.25, -0.2) is 4.39 Å². The summed E-state index contributed by atoms with van der Waals surface area (Å²) >= 11 is 0. The van der Waals surface area contributed by atoms with E-state index in [4.69, 9.17) is 4.74 Å². The minimum atomic E-state index is -0.383. The number of carbonyl (C=O) groups is 1. The molecule has 2 aliphatic rings. The van der Waals surface area contributed by atoms with Crippen LogP contribution in [0, 0.1) is 11.7 Å². The van der Waals surface area contributed by atoms with Gasteiger partial charge in [0.05, 0.1) is 18.9 Å². The van der Waals surface area contributed by atoms with Crippen LogP contribution >= 0.6 is 0 Å². The molecule has 1 heterocycles. The fourth-order valence-corrected chi connectivity index (χ4v) is 2.21. The molecule has 1 aromatic rings. The standard InChI is InChI=1S/C14H17FN2O2/c15-12-4-3-11(17-5-7-19-8-6-17)9-13(12)16-14(18)10-1-2-10/h3-4,9-10H,1-2,5-8H2,(H,16,18). The monoisotopic (exact) mass is 264 g/mol. The largest absolute Gasteiger partial charge is 0.378 e. The molecular formula is C14H17FN2O2. The predicted octanol–water partition coefficient (Wildman–Crippen LogP) is 2.01. The Morgan fingerprint density at radius 3 is 2.74 bits per heavy atom. The summed E-state index contributed by atoms with van der Waals surface area (Å²) in [6.45, 7) is 2.95. The molecule has 1 aliphatic heterocycles. The Morgan fingerprint density at radius 2 is 2.05 bits per heavy atom. The molecule has 1 aromatic carbocycles. The normalized spacial score (nSPS) is 19.3. The predicted molar refractivity (Wildman–Crippen MR) is 70.8 cm³/mol. The lowest BCUT2D eigenvalue weighted by molar-refractivity contribution is -0.117. The maximum absolute atomic E-state index is 13.7. The van der Waals surface area contributed by atoms with Gasteiger partial charge in [0.1, 0.15) is 5.82 Å². The van der Waals surface area contributed by atoms with Gasteiger partial charge < -0.3 is 15.0 Å². The van der Waals surface area contributed by atoms with Crippen molar-refractivity contribution in [3.05, 3.63) is 24.0 Å². The molecule has 1 N–H and O–H groups in total. The number of nitrogens with zero attached hydrogens (tertiary/aromatic N) is 1. The Kier molecular flexibility index (Phi) is 3.38. The topological polar surface area (TPSA) is 41.6 Å². The molecule has 0 radical (unpaired) electrons. The fraction of sp³-hybridized carbons (Fsp3) is 0.500. The molecule has 0 aromatic heterocycles. The molecule has 1 saturated heterocycles. The zero-order chi connectivity index (χ0) is 13.2. The highest BCUT2D eigenvalue weighted by Gasteiger charge is 2.30. The average Bonchev–Trinajstić information content (AvgIpc) is 3.27. The summed E-state index contributed by atoms with van der Waals surface area (Å²) in [7, 11) is 0. The van der Waals surface area contributed by atoms with Crippen LogP contribution < -0.4 is 10.2 Å². The molecule has 1 amide bonds. The molecule has 3 rings (SSSR count). The van der Waals surface area contributed by atoms with E-state index in [2.05, 4.69) is 10.2 Å². The minimum Gasteiger partial charge on any atom is -0.378 e. The highest BCUT2D eigenvalue weighted by molar-refractivity contribution is 5.94. The average molecular weight is 264 g/mol. The summed E-state index contributed by atoms with van der Waals surface area (Å²) in [4.78, 5) is 13.8. The zero-order valence-electron chi connectivity index (χ0n) is 10.7. The summed E-state index contributed by atoms with van der Waals surface area (Å²) in [6, 6.07) is 4.86. The van der Waals surface area contributed by atoms with E-state index in [1.54, 1.807) is 12.1 Å². The third kappa shape index (κ3) is 2.87. The van der Waals surface area contributed by atoms with E-state index in [1.165, 1.54) is 6.07 Å². The Labute approximate surface area is 111 Å². The van der Waals surface area contributed by atoms with E-state index in [9.17, 15) is 9.18 Å². The first-order chi connectivity index (χ1) is 9.24. The number of amides is 1. The lowest BCUT2D eigenvalue weighted by Crippen LogP contribution is -2.36. The molecule has 1 aliphatic carbocycles. The van der Waals surface area contributed by atoms with Gasteiger partial charge in [-0.3, -0.25) is 4.79 Å². The number of morpholine rings is 1. The molecule has 0 atom stereocenters. The number of anilines is 2. The summed E-state index contributed by atoms with van der Waals surface area (Å²) in [5.74, 6) is -0.379. The number of nitrogens with one attached hydrogen (secondary N) is 1. The third-order valence-corrected chi connectivity index (χ3v) is 3.53. The van der Waals surface area contributed by atoms with Gasteiger partial charge in [0.15, 0.2) is 0 Å². The van der Waals surface area contributed by atoms with E-state index >= 15 is 0 Å². The van der Waals surface area contributed by atoms with E-state index < -0.39 is 0 Å². The number of hydrogen-bond acceptors (Lipinski definition) is 3. The molecule has 0 bridgehead atoms. The summed E-state index contributed by atoms with van der Waals surface area (Å²) in [5, 5.41) is 2.68. The van der Waals surface area contributed by atoms with Gasteiger partial charge in [-0.1, -0.05) is 0 Å². The van der Waals surface area contributed by atoms with E-state index in [0.29, 0.717) is 13.2 Å². The second-order valence-corrected chi connectivity index (χ2v) is 5.03. The van der Waals surface area contributed by atoms with Crippen molar-refractivity contribution in [3.63, 3.8) is 0 Å². The Balaban J connectivity index is 1.76. The van der Waals surface area contributed by atoms with Gasteiger partial charge in [-0.05, 0) is 31.0 Å². The number of halogens is 1. The van der Waals surface area contributed by atoms with Crippen molar-refractivity contribution in [2.24, 2.45) is 5.92 Å². The molecule has 4 nitrogen and oxygen atoms in total. The van der Waals surface area contributed by atoms with Gasteiger partial charge in [0, 0.05) is 24.7 Å². The SMILES string of the molecule is O=C(Nc1cc(N2CCOCC2)ccc1F)C1CC1. The van der Waals surface area contributed by atoms with Crippen molar-refractivity contribution in [1.29, 1.82) is 0 Å². The van der Waals surface area contributed by atoms with Crippen LogP contribution in [0.3, 0.4) is 0 Å². The van der Waals surface area contributed by atoms with Gasteiger partial charge in [-0.2, -0.15) is 0 Å². The maximum Gasteiger partial charge on any atom is 0.227 e. The van der Waals surface area contributed by atoms with E-state index in [-0.39, 0.29) is 23.3 Å². The van der Waals surface area contributed by atoms with Crippen LogP contribution in [0.15, 0.2) is 18.2 Å². The second-order valence-electron chi connectivity index (χ2n) is 5.03. The summed E-state index contributed by atoms with van der Waals surface area (Å²) in [6.07, 6.45) is 1.83. The number of carbonyl (C=O) groups excluding carboxylic acids is 1. The molecule has 5 heteroatoms. The van der Waals surface area contributed by atoms with Gasteiger partial charge in [-0.15, -0.1) is 0 Å². The Bertz CT molecular complexity index is 482. The number of benzene rings is 1. The van der Waals surface area contributed by atoms with Crippen molar-refractivity contribution < 1.29 is 13.9 Å². The van der Waals surface area contributed by atoms with E-state index in [1.807, 2.05) is 0 Å². The molecule has 102 valence electrons. The van der Waals surface area contributed by atoms with Crippen LogP contribution in [0.4, 0.5) is 15.8 Å². The fourth-order valence-electron chi connectivity index (χ4n) is 2.21. The lowest BCUT2D eigenvalue weighted by atomic mass is 10.2. The van der Waals surface area contributed by atoms with Crippen molar-refractivity contribution >= 4 is 17.3 Å². The first-order valence-electron chi connectivity index (χ1n) is 6.67. The quantitative estimate of drug-likeness (QED) is 0.908. The lowest BCUT2D eigenvalue weighted by Gasteiger charge is -2.29. The van der Waals surface area contributed by atoms with Gasteiger partial charge in [0.2, 0.25) is 5.91 Å². The van der Waals surface area contributed by atoms with Crippen molar-refractivity contribution in [1.82, 2.24) is 0 Å². The first kappa shape index (κ1) is 12.4. The van der Waals surface area contributed by atoms with Crippen molar-refractivity contribution in [2.45, 2.75) is 12.8 Å². The highest BCUT2D eigenvalue weighted by Crippen LogP contribution is 2.31. The van der Waals surface area contributed by atoms with Crippen molar-refractivity contribution in [2.75, 3.05) is 36.5 Å². The van der Waals surface area contributed by atoms with Gasteiger partial charge in [0.25, 0.3) is 0 Å². The molecule has 0 unspecified atom stereocenters. The third-order valence-electron chi connectivity index (χ3n) is 3.53. The first-order valence-corrected chi connectivity index (χ1v) is 6.67. The molecule has 0 spiro atoms. The summed E-state index contributed by atoms with van der Waals surface area (Å²) in [5.41, 5.74) is 1.21. The van der Waals surface area contributed by atoms with Crippen LogP contribution in [-0.4, -0.2) is 32.2 Å². The van der Waals surface area contributed by atoms with Gasteiger partial charge >= 0.3 is 0 Å². The van der Waals surface area contributed by atoms with E-state index in [0.717, 1.165) is 31.6 Å². The van der Waals surface area contributed by atoms with Crippen LogP contribution in [0.2, 0.25) is 0 Å². The van der Waals surface area contributed by atoms with Crippen LogP contribution in [0.1, 0.15) is 12.8 Å². The van der Waals surface area contributed by atoms with Crippen molar-refractivity contribution in [3.8, 4) is 0 Å². The Morgan fingerprint density at radius 1 is 1.32 bits per heavy atom. The minimum absolute atomic E-state index is 0.0713. The highest BCUT2D eigenvalue weighted by atomic mass is 19.1.